The Balaban J connectivity index is 1.85. The molecule has 94 valence electrons. The van der Waals surface area contributed by atoms with E-state index in [-0.39, 0.29) is 5.69 Å². The molecule has 6 heteroatoms. The minimum absolute atomic E-state index is 0.105. The lowest BCUT2D eigenvalue weighted by atomic mass is 10.2. The predicted molar refractivity (Wildman–Crippen MR) is 70.0 cm³/mol. The number of rotatable bonds is 5. The summed E-state index contributed by atoms with van der Waals surface area (Å²) in [6.07, 6.45) is 0. The Morgan fingerprint density at radius 3 is 2.44 bits per heavy atom. The fraction of sp³-hybridized carbons (Fsp3) is 0.167. The van der Waals surface area contributed by atoms with E-state index in [0.717, 1.165) is 11.3 Å². The summed E-state index contributed by atoms with van der Waals surface area (Å²) in [5.41, 5.74) is 1.10. The van der Waals surface area contributed by atoms with Gasteiger partial charge in [-0.2, -0.15) is 0 Å². The average molecular weight is 311 g/mol. The Morgan fingerprint density at radius 2 is 1.89 bits per heavy atom. The molecule has 0 aliphatic heterocycles. The molecule has 0 radical (unpaired) electrons. The fourth-order valence-corrected chi connectivity index (χ4v) is 1.85. The largest absolute Gasteiger partial charge is 0.453 e. The Morgan fingerprint density at radius 1 is 1.17 bits per heavy atom. The zero-order valence-electron chi connectivity index (χ0n) is 9.43. The minimum Gasteiger partial charge on any atom is -0.453 e. The summed E-state index contributed by atoms with van der Waals surface area (Å²) in [6.45, 7) is 1.25. The molecule has 1 heterocycles. The van der Waals surface area contributed by atoms with Crippen LogP contribution in [0, 0.1) is 10.1 Å². The van der Waals surface area contributed by atoms with Crippen LogP contribution in [0.15, 0.2) is 45.5 Å². The van der Waals surface area contributed by atoms with Crippen molar-refractivity contribution in [2.24, 2.45) is 0 Å². The summed E-state index contributed by atoms with van der Waals surface area (Å²) in [4.78, 5) is 10.1. The minimum atomic E-state index is -0.405. The number of hydrogen-bond acceptors (Lipinski definition) is 4. The van der Waals surface area contributed by atoms with Gasteiger partial charge in [0.1, 0.15) is 5.76 Å². The molecule has 0 amide bonds. The van der Waals surface area contributed by atoms with Crippen molar-refractivity contribution in [2.75, 3.05) is 0 Å². The maximum Gasteiger partial charge on any atom is 0.269 e. The van der Waals surface area contributed by atoms with Crippen LogP contribution in [-0.4, -0.2) is 4.92 Å². The molecule has 0 saturated heterocycles. The maximum absolute atomic E-state index is 10.5. The molecule has 0 atom stereocenters. The van der Waals surface area contributed by atoms with E-state index in [2.05, 4.69) is 21.2 Å². The number of nitrogens with zero attached hydrogens (tertiary/aromatic N) is 1. The van der Waals surface area contributed by atoms with Gasteiger partial charge in [0.15, 0.2) is 4.67 Å². The lowest BCUT2D eigenvalue weighted by Crippen LogP contribution is -2.11. The molecule has 0 saturated carbocycles. The van der Waals surface area contributed by atoms with Gasteiger partial charge in [0, 0.05) is 18.7 Å². The summed E-state index contributed by atoms with van der Waals surface area (Å²) in [6, 6.07) is 10.2. The van der Waals surface area contributed by atoms with Crippen molar-refractivity contribution >= 4 is 21.6 Å². The van der Waals surface area contributed by atoms with Crippen LogP contribution >= 0.6 is 15.9 Å². The number of nitrogens with one attached hydrogen (secondary N) is 1. The highest BCUT2D eigenvalue weighted by molar-refractivity contribution is 9.10. The molecule has 5 nitrogen and oxygen atoms in total. The van der Waals surface area contributed by atoms with Crippen molar-refractivity contribution in [3.05, 3.63) is 62.5 Å². The highest BCUT2D eigenvalue weighted by Crippen LogP contribution is 2.14. The van der Waals surface area contributed by atoms with Crippen molar-refractivity contribution in [1.82, 2.24) is 5.32 Å². The smallest absolute Gasteiger partial charge is 0.269 e. The average Bonchev–Trinajstić information content (AvgIpc) is 2.76. The lowest BCUT2D eigenvalue weighted by Gasteiger charge is -2.02. The predicted octanol–water partition coefficient (Wildman–Crippen LogP) is 3.24. The summed E-state index contributed by atoms with van der Waals surface area (Å²) >= 11 is 3.23. The van der Waals surface area contributed by atoms with E-state index in [1.807, 2.05) is 12.1 Å². The van der Waals surface area contributed by atoms with Crippen molar-refractivity contribution in [2.45, 2.75) is 13.1 Å². The van der Waals surface area contributed by atoms with Gasteiger partial charge < -0.3 is 9.73 Å². The van der Waals surface area contributed by atoms with Gasteiger partial charge in [-0.15, -0.1) is 0 Å². The van der Waals surface area contributed by atoms with E-state index in [1.54, 1.807) is 12.1 Å². The Labute approximate surface area is 112 Å². The second-order valence-electron chi connectivity index (χ2n) is 3.73. The molecule has 0 fully saturated rings. The number of nitro benzene ring substituents is 1. The molecule has 0 aliphatic carbocycles. The third-order valence-corrected chi connectivity index (χ3v) is 2.83. The molecule has 0 aliphatic rings. The van der Waals surface area contributed by atoms with Gasteiger partial charge in [0.25, 0.3) is 5.69 Å². The zero-order chi connectivity index (χ0) is 13.0. The summed E-state index contributed by atoms with van der Waals surface area (Å²) < 4.78 is 6.04. The third kappa shape index (κ3) is 3.41. The monoisotopic (exact) mass is 310 g/mol. The van der Waals surface area contributed by atoms with E-state index in [4.69, 9.17) is 4.42 Å². The van der Waals surface area contributed by atoms with Crippen LogP contribution in [0.2, 0.25) is 0 Å². The second kappa shape index (κ2) is 5.79. The molecular weight excluding hydrogens is 300 g/mol. The van der Waals surface area contributed by atoms with Gasteiger partial charge >= 0.3 is 0 Å². The van der Waals surface area contributed by atoms with Gasteiger partial charge in [-0.05, 0) is 33.6 Å². The first-order valence-electron chi connectivity index (χ1n) is 5.33. The normalized spacial score (nSPS) is 10.5. The molecule has 2 rings (SSSR count). The number of hydrogen-bond donors (Lipinski definition) is 1. The topological polar surface area (TPSA) is 68.3 Å². The van der Waals surface area contributed by atoms with Crippen molar-refractivity contribution < 1.29 is 9.34 Å². The van der Waals surface area contributed by atoms with Crippen molar-refractivity contribution in [3.8, 4) is 0 Å². The van der Waals surface area contributed by atoms with Gasteiger partial charge in [-0.3, -0.25) is 10.1 Å². The van der Waals surface area contributed by atoms with Crippen molar-refractivity contribution in [3.63, 3.8) is 0 Å². The van der Waals surface area contributed by atoms with Crippen LogP contribution in [0.1, 0.15) is 11.3 Å². The van der Waals surface area contributed by atoms with Crippen LogP contribution in [0.25, 0.3) is 0 Å². The second-order valence-corrected chi connectivity index (χ2v) is 4.51. The van der Waals surface area contributed by atoms with Crippen LogP contribution in [0.3, 0.4) is 0 Å². The van der Waals surface area contributed by atoms with E-state index in [1.165, 1.54) is 12.1 Å². The fourth-order valence-electron chi connectivity index (χ4n) is 1.51. The molecule has 0 bridgehead atoms. The number of nitro groups is 1. The SMILES string of the molecule is O=[N+]([O-])c1ccc(CNCc2ccc(Br)o2)cc1. The summed E-state index contributed by atoms with van der Waals surface area (Å²) in [7, 11) is 0. The van der Waals surface area contributed by atoms with Crippen LogP contribution in [0.4, 0.5) is 5.69 Å². The van der Waals surface area contributed by atoms with Crippen LogP contribution < -0.4 is 5.32 Å². The molecule has 1 aromatic heterocycles. The van der Waals surface area contributed by atoms with Gasteiger partial charge in [0.2, 0.25) is 0 Å². The summed E-state index contributed by atoms with van der Waals surface area (Å²) in [5.74, 6) is 0.837. The van der Waals surface area contributed by atoms with E-state index in [9.17, 15) is 10.1 Å². The molecule has 0 unspecified atom stereocenters. The van der Waals surface area contributed by atoms with E-state index < -0.39 is 4.92 Å². The molecule has 2 aromatic rings. The highest BCUT2D eigenvalue weighted by Gasteiger charge is 2.04. The Hall–Kier alpha value is -1.66. The number of benzene rings is 1. The van der Waals surface area contributed by atoms with Crippen LogP contribution in [0.5, 0.6) is 0 Å². The first kappa shape index (κ1) is 12.8. The molecule has 0 spiro atoms. The lowest BCUT2D eigenvalue weighted by molar-refractivity contribution is -0.384. The standard InChI is InChI=1S/C12H11BrN2O3/c13-12-6-5-11(18-12)8-14-7-9-1-3-10(4-2-9)15(16)17/h1-6,14H,7-8H2. The number of halogens is 1. The number of furan rings is 1. The van der Waals surface area contributed by atoms with E-state index in [0.29, 0.717) is 17.8 Å². The Kier molecular flexibility index (Phi) is 4.11. The Bertz CT molecular complexity index is 537. The van der Waals surface area contributed by atoms with E-state index >= 15 is 0 Å². The van der Waals surface area contributed by atoms with Gasteiger partial charge in [-0.25, -0.2) is 0 Å². The maximum atomic E-state index is 10.5. The number of non-ortho nitro benzene ring substituents is 1. The highest BCUT2D eigenvalue weighted by atomic mass is 79.9. The zero-order valence-corrected chi connectivity index (χ0v) is 11.0. The molecule has 1 aromatic carbocycles. The summed E-state index contributed by atoms with van der Waals surface area (Å²) in [5, 5.41) is 13.7. The van der Waals surface area contributed by atoms with Gasteiger partial charge in [0.05, 0.1) is 11.5 Å². The first-order chi connectivity index (χ1) is 8.65. The first-order valence-corrected chi connectivity index (χ1v) is 6.13. The van der Waals surface area contributed by atoms with Gasteiger partial charge in [-0.1, -0.05) is 12.1 Å². The molecule has 18 heavy (non-hydrogen) atoms. The van der Waals surface area contributed by atoms with Crippen molar-refractivity contribution in [1.29, 1.82) is 0 Å². The third-order valence-electron chi connectivity index (χ3n) is 2.40. The van der Waals surface area contributed by atoms with Crippen LogP contribution in [-0.2, 0) is 13.1 Å². The molecular formula is C12H11BrN2O3. The quantitative estimate of drug-likeness (QED) is 0.680. The molecule has 1 N–H and O–H groups in total.